The number of rotatable bonds is 9. The third-order valence-corrected chi connectivity index (χ3v) is 7.11. The van der Waals surface area contributed by atoms with Gasteiger partial charge in [0.25, 0.3) is 0 Å². The number of carbonyl (C=O) groups excluding carboxylic acids is 1. The molecule has 5 rings (SSSR count). The quantitative estimate of drug-likeness (QED) is 0.183. The number of nitrogens with zero attached hydrogens (tertiary/aromatic N) is 3. The molecule has 35 heavy (non-hydrogen) atoms. The molecule has 1 aliphatic rings. The monoisotopic (exact) mass is 529 g/mol. The third kappa shape index (κ3) is 4.89. The molecule has 0 saturated carbocycles. The number of benzene rings is 3. The number of anilines is 1. The van der Waals surface area contributed by atoms with Crippen LogP contribution in [-0.4, -0.2) is 28.6 Å². The summed E-state index contributed by atoms with van der Waals surface area (Å²) in [4.78, 5) is 19.8. The van der Waals surface area contributed by atoms with E-state index in [1.165, 1.54) is 0 Å². The second kappa shape index (κ2) is 10.5. The van der Waals surface area contributed by atoms with Crippen LogP contribution in [0.5, 0.6) is 5.75 Å². The van der Waals surface area contributed by atoms with Gasteiger partial charge in [-0.15, -0.1) is 6.58 Å². The number of amides is 1. The minimum absolute atomic E-state index is 0.0382. The average Bonchev–Trinajstić information content (AvgIpc) is 3.43. The van der Waals surface area contributed by atoms with Crippen molar-refractivity contribution < 1.29 is 9.53 Å². The summed E-state index contributed by atoms with van der Waals surface area (Å²) in [6.07, 6.45) is 3.98. The number of fused-ring (bicyclic) bond motifs is 1. The summed E-state index contributed by atoms with van der Waals surface area (Å²) in [5.41, 5.74) is 4.12. The summed E-state index contributed by atoms with van der Waals surface area (Å²) >= 11 is 3.59. The van der Waals surface area contributed by atoms with Crippen LogP contribution in [0.4, 0.5) is 5.69 Å². The van der Waals surface area contributed by atoms with E-state index in [1.807, 2.05) is 71.6 Å². The molecule has 1 aliphatic heterocycles. The number of hydrogen-bond donors (Lipinski definition) is 0. The van der Waals surface area contributed by atoms with E-state index in [0.717, 1.165) is 57.7 Å². The molecule has 4 aromatic rings. The molecule has 0 aliphatic carbocycles. The highest BCUT2D eigenvalue weighted by Gasteiger charge is 2.35. The number of para-hydroxylation sites is 4. The Kier molecular flexibility index (Phi) is 7.00. The number of imidazole rings is 1. The molecule has 1 aromatic heterocycles. The lowest BCUT2D eigenvalue weighted by Gasteiger charge is -2.19. The Morgan fingerprint density at radius 2 is 1.83 bits per heavy atom. The van der Waals surface area contributed by atoms with Crippen LogP contribution in [0.25, 0.3) is 11.0 Å². The van der Waals surface area contributed by atoms with E-state index in [9.17, 15) is 4.79 Å². The second-order valence-corrected chi connectivity index (χ2v) is 9.62. The van der Waals surface area contributed by atoms with Crippen molar-refractivity contribution in [2.75, 3.05) is 18.1 Å². The van der Waals surface area contributed by atoms with Crippen LogP contribution in [0.3, 0.4) is 0 Å². The third-order valence-electron chi connectivity index (χ3n) is 6.44. The largest absolute Gasteiger partial charge is 0.493 e. The number of aromatic nitrogens is 2. The summed E-state index contributed by atoms with van der Waals surface area (Å²) in [7, 11) is 0. The van der Waals surface area contributed by atoms with Crippen molar-refractivity contribution >= 4 is 38.6 Å². The van der Waals surface area contributed by atoms with E-state index in [0.29, 0.717) is 19.6 Å². The van der Waals surface area contributed by atoms with E-state index in [4.69, 9.17) is 9.72 Å². The molecule has 1 atom stereocenters. The first-order valence-corrected chi connectivity index (χ1v) is 12.8. The molecule has 1 fully saturated rings. The lowest BCUT2D eigenvalue weighted by Crippen LogP contribution is -2.25. The minimum Gasteiger partial charge on any atom is -0.493 e. The normalized spacial score (nSPS) is 15.6. The number of ether oxygens (including phenoxy) is 1. The van der Waals surface area contributed by atoms with E-state index >= 15 is 0 Å². The van der Waals surface area contributed by atoms with E-state index in [1.54, 1.807) is 0 Å². The first-order chi connectivity index (χ1) is 17.2. The van der Waals surface area contributed by atoms with Crippen molar-refractivity contribution in [3.05, 3.63) is 101 Å². The predicted molar refractivity (Wildman–Crippen MR) is 144 cm³/mol. The van der Waals surface area contributed by atoms with Crippen LogP contribution >= 0.6 is 15.9 Å². The van der Waals surface area contributed by atoms with Gasteiger partial charge < -0.3 is 14.2 Å². The number of carbonyl (C=O) groups is 1. The molecule has 5 nitrogen and oxygen atoms in total. The molecule has 178 valence electrons. The van der Waals surface area contributed by atoms with Gasteiger partial charge in [0.2, 0.25) is 5.91 Å². The van der Waals surface area contributed by atoms with E-state index in [2.05, 4.69) is 39.2 Å². The van der Waals surface area contributed by atoms with Gasteiger partial charge in [0.05, 0.1) is 23.3 Å². The van der Waals surface area contributed by atoms with Crippen LogP contribution in [-0.2, 0) is 17.8 Å². The highest BCUT2D eigenvalue weighted by atomic mass is 79.9. The number of hydrogen-bond acceptors (Lipinski definition) is 3. The van der Waals surface area contributed by atoms with Gasteiger partial charge in [-0.1, -0.05) is 48.5 Å². The Morgan fingerprint density at radius 1 is 1.06 bits per heavy atom. The highest BCUT2D eigenvalue weighted by molar-refractivity contribution is 9.10. The second-order valence-electron chi connectivity index (χ2n) is 8.77. The number of allylic oxidation sites excluding steroid dienone is 1. The molecule has 1 unspecified atom stereocenters. The van der Waals surface area contributed by atoms with Crippen LogP contribution in [0.1, 0.15) is 30.1 Å². The zero-order chi connectivity index (χ0) is 24.2. The van der Waals surface area contributed by atoms with E-state index < -0.39 is 0 Å². The number of aryl methyl sites for hydroxylation is 1. The first kappa shape index (κ1) is 23.4. The van der Waals surface area contributed by atoms with Crippen molar-refractivity contribution in [2.45, 2.75) is 31.7 Å². The first-order valence-electron chi connectivity index (χ1n) is 12.0. The molecule has 3 aromatic carbocycles. The van der Waals surface area contributed by atoms with Gasteiger partial charge in [-0.2, -0.15) is 0 Å². The minimum atomic E-state index is 0.0382. The fourth-order valence-electron chi connectivity index (χ4n) is 4.80. The summed E-state index contributed by atoms with van der Waals surface area (Å²) in [6.45, 7) is 5.84. The molecule has 0 spiro atoms. The molecule has 2 heterocycles. The summed E-state index contributed by atoms with van der Waals surface area (Å²) in [5.74, 6) is 2.05. The van der Waals surface area contributed by atoms with Crippen molar-refractivity contribution in [1.29, 1.82) is 0 Å². The molecule has 6 heteroatoms. The summed E-state index contributed by atoms with van der Waals surface area (Å²) in [6, 6.07) is 24.2. The van der Waals surface area contributed by atoms with Crippen molar-refractivity contribution in [3.8, 4) is 5.75 Å². The molecule has 0 radical (unpaired) electrons. The Bertz CT molecular complexity index is 1360. The molecule has 1 saturated heterocycles. The highest BCUT2D eigenvalue weighted by Crippen LogP contribution is 2.36. The summed E-state index contributed by atoms with van der Waals surface area (Å²) in [5, 5.41) is 0. The van der Waals surface area contributed by atoms with Crippen LogP contribution in [0.2, 0.25) is 0 Å². The van der Waals surface area contributed by atoms with Gasteiger partial charge >= 0.3 is 0 Å². The van der Waals surface area contributed by atoms with Crippen LogP contribution in [0.15, 0.2) is 89.9 Å². The van der Waals surface area contributed by atoms with Crippen molar-refractivity contribution in [1.82, 2.24) is 9.55 Å². The fraction of sp³-hybridized carbons (Fsp3) is 0.241. The van der Waals surface area contributed by atoms with Gasteiger partial charge in [-0.25, -0.2) is 4.98 Å². The smallest absolute Gasteiger partial charge is 0.227 e. The molecular weight excluding hydrogens is 502 g/mol. The topological polar surface area (TPSA) is 47.4 Å². The van der Waals surface area contributed by atoms with Gasteiger partial charge in [-0.05, 0) is 64.7 Å². The summed E-state index contributed by atoms with van der Waals surface area (Å²) < 4.78 is 9.32. The van der Waals surface area contributed by atoms with Crippen molar-refractivity contribution in [3.63, 3.8) is 0 Å². The predicted octanol–water partition coefficient (Wildman–Crippen LogP) is 6.52. The van der Waals surface area contributed by atoms with Gasteiger partial charge in [-0.3, -0.25) is 4.79 Å². The molecule has 0 bridgehead atoms. The Balaban J connectivity index is 1.34. The number of halogens is 1. The fourth-order valence-corrected chi connectivity index (χ4v) is 5.30. The lowest BCUT2D eigenvalue weighted by atomic mass is 10.1. The van der Waals surface area contributed by atoms with E-state index in [-0.39, 0.29) is 11.8 Å². The van der Waals surface area contributed by atoms with Crippen molar-refractivity contribution in [2.24, 2.45) is 0 Å². The zero-order valence-corrected chi connectivity index (χ0v) is 21.2. The van der Waals surface area contributed by atoms with Gasteiger partial charge in [0, 0.05) is 29.9 Å². The van der Waals surface area contributed by atoms with Gasteiger partial charge in [0.1, 0.15) is 11.6 Å². The molecular formula is C29H28BrN3O2. The van der Waals surface area contributed by atoms with Crippen LogP contribution < -0.4 is 9.64 Å². The Hall–Kier alpha value is -3.38. The zero-order valence-electron chi connectivity index (χ0n) is 19.6. The maximum Gasteiger partial charge on any atom is 0.227 e. The van der Waals surface area contributed by atoms with Crippen LogP contribution in [0, 0.1) is 0 Å². The average molecular weight is 530 g/mol. The SMILES string of the molecule is C=CCc1ccccc1OCCCn1c(C2CC(=O)N(c3ccccc3Br)C2)nc2ccccc21. The molecule has 0 N–H and O–H groups in total. The Morgan fingerprint density at radius 3 is 2.69 bits per heavy atom. The Labute approximate surface area is 214 Å². The lowest BCUT2D eigenvalue weighted by molar-refractivity contribution is -0.117. The standard InChI is InChI=1S/C29H28BrN3O2/c1-2-10-21-11-3-8-16-27(21)35-18-9-17-32-26-15-7-5-13-24(26)31-29(32)22-19-28(34)33(20-22)25-14-6-4-12-23(25)30/h2-8,11-16,22H,1,9-10,17-20H2. The van der Waals surface area contributed by atoms with Gasteiger partial charge in [0.15, 0.2) is 0 Å². The maximum atomic E-state index is 13.0. The molecule has 1 amide bonds. The maximum absolute atomic E-state index is 13.0.